The second-order valence-electron chi connectivity index (χ2n) is 3.77. The van der Waals surface area contributed by atoms with E-state index in [-0.39, 0.29) is 5.28 Å². The zero-order valence-electron chi connectivity index (χ0n) is 8.00. The first-order valence-corrected chi connectivity index (χ1v) is 5.49. The highest BCUT2D eigenvalue weighted by Crippen LogP contribution is 2.32. The quantitative estimate of drug-likeness (QED) is 0.804. The van der Waals surface area contributed by atoms with E-state index in [0.717, 1.165) is 19.3 Å². The lowest BCUT2D eigenvalue weighted by atomic mass is 9.80. The maximum absolute atomic E-state index is 9.85. The van der Waals surface area contributed by atoms with Crippen LogP contribution in [0.15, 0.2) is 6.20 Å². The summed E-state index contributed by atoms with van der Waals surface area (Å²) in [6.45, 7) is 0.445. The monoisotopic (exact) mass is 247 g/mol. The summed E-state index contributed by atoms with van der Waals surface area (Å²) in [7, 11) is 0. The number of anilines is 1. The van der Waals surface area contributed by atoms with Gasteiger partial charge in [0.05, 0.1) is 11.8 Å². The molecule has 1 aromatic heterocycles. The van der Waals surface area contributed by atoms with Gasteiger partial charge in [-0.25, -0.2) is 4.98 Å². The van der Waals surface area contributed by atoms with E-state index in [1.807, 2.05) is 0 Å². The van der Waals surface area contributed by atoms with E-state index < -0.39 is 5.60 Å². The lowest BCUT2D eigenvalue weighted by Gasteiger charge is -2.36. The van der Waals surface area contributed by atoms with Crippen molar-refractivity contribution < 1.29 is 5.11 Å². The van der Waals surface area contributed by atoms with Gasteiger partial charge in [0.25, 0.3) is 0 Å². The Morgan fingerprint density at radius 3 is 2.80 bits per heavy atom. The Hall–Kier alpha value is -0.580. The van der Waals surface area contributed by atoms with Gasteiger partial charge >= 0.3 is 0 Å². The molecule has 1 saturated carbocycles. The fourth-order valence-electron chi connectivity index (χ4n) is 1.48. The molecule has 1 fully saturated rings. The highest BCUT2D eigenvalue weighted by atomic mass is 35.5. The van der Waals surface area contributed by atoms with Crippen molar-refractivity contribution in [3.63, 3.8) is 0 Å². The van der Waals surface area contributed by atoms with Crippen molar-refractivity contribution in [1.82, 2.24) is 9.97 Å². The number of hydrogen-bond donors (Lipinski definition) is 2. The van der Waals surface area contributed by atoms with E-state index >= 15 is 0 Å². The number of hydrogen-bond acceptors (Lipinski definition) is 4. The summed E-state index contributed by atoms with van der Waals surface area (Å²) >= 11 is 11.5. The van der Waals surface area contributed by atoms with Gasteiger partial charge in [0.1, 0.15) is 10.8 Å². The molecule has 82 valence electrons. The molecule has 1 aliphatic carbocycles. The van der Waals surface area contributed by atoms with E-state index in [9.17, 15) is 5.11 Å². The molecule has 2 rings (SSSR count). The average Bonchev–Trinajstić information content (AvgIpc) is 2.17. The Kier molecular flexibility index (Phi) is 3.00. The minimum Gasteiger partial charge on any atom is -0.388 e. The summed E-state index contributed by atoms with van der Waals surface area (Å²) in [5.41, 5.74) is -0.610. The van der Waals surface area contributed by atoms with Crippen molar-refractivity contribution in [2.24, 2.45) is 0 Å². The van der Waals surface area contributed by atoms with Crippen LogP contribution in [0.3, 0.4) is 0 Å². The van der Waals surface area contributed by atoms with E-state index in [4.69, 9.17) is 23.2 Å². The van der Waals surface area contributed by atoms with Gasteiger partial charge in [-0.2, -0.15) is 4.98 Å². The first-order chi connectivity index (χ1) is 7.09. The highest BCUT2D eigenvalue weighted by Gasteiger charge is 2.34. The predicted octanol–water partition coefficient (Wildman–Crippen LogP) is 2.11. The molecule has 0 aromatic carbocycles. The van der Waals surface area contributed by atoms with Crippen molar-refractivity contribution in [2.75, 3.05) is 11.9 Å². The molecule has 1 aromatic rings. The van der Waals surface area contributed by atoms with Crippen LogP contribution in [-0.4, -0.2) is 27.2 Å². The third-order valence-corrected chi connectivity index (χ3v) is 3.04. The lowest BCUT2D eigenvalue weighted by molar-refractivity contribution is -0.0202. The maximum atomic E-state index is 9.85. The molecule has 0 radical (unpaired) electrons. The molecule has 0 unspecified atom stereocenters. The van der Waals surface area contributed by atoms with Crippen molar-refractivity contribution in [3.05, 3.63) is 16.5 Å². The zero-order valence-corrected chi connectivity index (χ0v) is 9.52. The van der Waals surface area contributed by atoms with Gasteiger partial charge in [0.2, 0.25) is 5.28 Å². The highest BCUT2D eigenvalue weighted by molar-refractivity contribution is 6.33. The molecule has 0 aliphatic heterocycles. The summed E-state index contributed by atoms with van der Waals surface area (Å²) in [5.74, 6) is 0.469. The van der Waals surface area contributed by atoms with Crippen LogP contribution in [0.2, 0.25) is 10.3 Å². The number of rotatable bonds is 3. The Labute approximate surface area is 97.6 Å². The molecule has 0 atom stereocenters. The maximum Gasteiger partial charge on any atom is 0.224 e. The molecule has 0 spiro atoms. The average molecular weight is 248 g/mol. The Morgan fingerprint density at radius 2 is 2.20 bits per heavy atom. The second kappa shape index (κ2) is 4.12. The molecule has 15 heavy (non-hydrogen) atoms. The van der Waals surface area contributed by atoms with E-state index in [1.165, 1.54) is 6.20 Å². The van der Waals surface area contributed by atoms with Crippen LogP contribution in [0.25, 0.3) is 0 Å². The van der Waals surface area contributed by atoms with Crippen LogP contribution in [0.1, 0.15) is 19.3 Å². The fraction of sp³-hybridized carbons (Fsp3) is 0.556. The zero-order chi connectivity index (χ0) is 10.9. The van der Waals surface area contributed by atoms with Gasteiger partial charge in [0, 0.05) is 6.54 Å². The smallest absolute Gasteiger partial charge is 0.224 e. The SMILES string of the molecule is OC1(CNc2nc(Cl)ncc2Cl)CCC1. The van der Waals surface area contributed by atoms with Crippen molar-refractivity contribution >= 4 is 29.0 Å². The Balaban J connectivity index is 2.01. The summed E-state index contributed by atoms with van der Waals surface area (Å²) in [4.78, 5) is 7.67. The summed E-state index contributed by atoms with van der Waals surface area (Å²) in [6, 6.07) is 0. The molecule has 1 heterocycles. The molecule has 2 N–H and O–H groups in total. The fourth-order valence-corrected chi connectivity index (χ4v) is 1.77. The first-order valence-electron chi connectivity index (χ1n) is 4.73. The van der Waals surface area contributed by atoms with Crippen LogP contribution in [0.4, 0.5) is 5.82 Å². The number of halogens is 2. The summed E-state index contributed by atoms with van der Waals surface area (Å²) in [5, 5.41) is 13.4. The van der Waals surface area contributed by atoms with Crippen molar-refractivity contribution in [2.45, 2.75) is 24.9 Å². The Bertz CT molecular complexity index is 368. The number of aliphatic hydroxyl groups is 1. The minimum atomic E-state index is -0.610. The molecular formula is C9H11Cl2N3O. The molecule has 6 heteroatoms. The number of aromatic nitrogens is 2. The van der Waals surface area contributed by atoms with Gasteiger partial charge in [0.15, 0.2) is 0 Å². The molecular weight excluding hydrogens is 237 g/mol. The normalized spacial score (nSPS) is 18.3. The Morgan fingerprint density at radius 1 is 1.47 bits per heavy atom. The standard InChI is InChI=1S/C9H11Cl2N3O/c10-6-4-12-8(11)14-7(6)13-5-9(15)2-1-3-9/h4,15H,1-3,5H2,(H,12,13,14). The van der Waals surface area contributed by atoms with Crippen molar-refractivity contribution in [3.8, 4) is 0 Å². The van der Waals surface area contributed by atoms with E-state index in [2.05, 4.69) is 15.3 Å². The predicted molar refractivity (Wildman–Crippen MR) is 59.3 cm³/mol. The third kappa shape index (κ3) is 2.51. The van der Waals surface area contributed by atoms with E-state index in [0.29, 0.717) is 17.4 Å². The summed E-state index contributed by atoms with van der Waals surface area (Å²) < 4.78 is 0. The van der Waals surface area contributed by atoms with Crippen LogP contribution in [-0.2, 0) is 0 Å². The van der Waals surface area contributed by atoms with Gasteiger partial charge in [-0.1, -0.05) is 11.6 Å². The second-order valence-corrected chi connectivity index (χ2v) is 4.51. The molecule has 1 aliphatic rings. The van der Waals surface area contributed by atoms with Crippen LogP contribution < -0.4 is 5.32 Å². The minimum absolute atomic E-state index is 0.141. The first kappa shape index (κ1) is 10.9. The number of nitrogens with one attached hydrogen (secondary N) is 1. The van der Waals surface area contributed by atoms with Gasteiger partial charge in [-0.3, -0.25) is 0 Å². The molecule has 0 bridgehead atoms. The van der Waals surface area contributed by atoms with Crippen molar-refractivity contribution in [1.29, 1.82) is 0 Å². The van der Waals surface area contributed by atoms with Gasteiger partial charge in [-0.15, -0.1) is 0 Å². The third-order valence-electron chi connectivity index (χ3n) is 2.58. The summed E-state index contributed by atoms with van der Waals surface area (Å²) in [6.07, 6.45) is 4.13. The van der Waals surface area contributed by atoms with Crippen LogP contribution in [0.5, 0.6) is 0 Å². The topological polar surface area (TPSA) is 58.0 Å². The largest absolute Gasteiger partial charge is 0.388 e. The lowest BCUT2D eigenvalue weighted by Crippen LogP contribution is -2.43. The molecule has 0 saturated heterocycles. The van der Waals surface area contributed by atoms with Crippen LogP contribution >= 0.6 is 23.2 Å². The molecule has 0 amide bonds. The van der Waals surface area contributed by atoms with Gasteiger partial charge < -0.3 is 10.4 Å². The van der Waals surface area contributed by atoms with Gasteiger partial charge in [-0.05, 0) is 30.9 Å². The molecule has 4 nitrogen and oxygen atoms in total. The number of nitrogens with zero attached hydrogens (tertiary/aromatic N) is 2. The van der Waals surface area contributed by atoms with E-state index in [1.54, 1.807) is 0 Å². The van der Waals surface area contributed by atoms with Crippen LogP contribution in [0, 0.1) is 0 Å².